The lowest BCUT2D eigenvalue weighted by atomic mass is 10.2. The van der Waals surface area contributed by atoms with Crippen molar-refractivity contribution in [2.24, 2.45) is 0 Å². The molecule has 3 rings (SSSR count). The molecule has 1 fully saturated rings. The van der Waals surface area contributed by atoms with Gasteiger partial charge in [0.15, 0.2) is 0 Å². The van der Waals surface area contributed by atoms with Crippen LogP contribution in [0.25, 0.3) is 0 Å². The summed E-state index contributed by atoms with van der Waals surface area (Å²) in [4.78, 5) is 2.43. The average Bonchev–Trinajstić information content (AvgIpc) is 2.85. The van der Waals surface area contributed by atoms with Crippen LogP contribution in [0.3, 0.4) is 0 Å². The Kier molecular flexibility index (Phi) is 3.35. The van der Waals surface area contributed by atoms with Gasteiger partial charge in [0, 0.05) is 32.7 Å². The van der Waals surface area contributed by atoms with Gasteiger partial charge in [0.05, 0.1) is 19.3 Å². The molecular formula is C11H19N5O. The second-order valence-electron chi connectivity index (χ2n) is 4.70. The summed E-state index contributed by atoms with van der Waals surface area (Å²) in [6.45, 7) is 6.92. The summed E-state index contributed by atoms with van der Waals surface area (Å²) in [5.74, 6) is 1.08. The molecule has 6 heteroatoms. The van der Waals surface area contributed by atoms with Crippen molar-refractivity contribution in [3.05, 3.63) is 12.2 Å². The number of ether oxygens (including phenoxy) is 1. The van der Waals surface area contributed by atoms with E-state index < -0.39 is 0 Å². The molecule has 1 saturated heterocycles. The zero-order chi connectivity index (χ0) is 11.5. The Labute approximate surface area is 101 Å². The van der Waals surface area contributed by atoms with Crippen LogP contribution in [0.5, 0.6) is 0 Å². The van der Waals surface area contributed by atoms with E-state index in [1.54, 1.807) is 0 Å². The molecule has 2 aliphatic heterocycles. The highest BCUT2D eigenvalue weighted by molar-refractivity contribution is 4.90. The maximum Gasteiger partial charge on any atom is 0.147 e. The van der Waals surface area contributed by atoms with E-state index in [2.05, 4.69) is 25.0 Å². The van der Waals surface area contributed by atoms with Crippen molar-refractivity contribution in [3.63, 3.8) is 0 Å². The number of hydrogen-bond acceptors (Lipinski definition) is 5. The molecule has 1 unspecified atom stereocenters. The minimum Gasteiger partial charge on any atom is -0.376 e. The Morgan fingerprint density at radius 3 is 3.35 bits per heavy atom. The first-order chi connectivity index (χ1) is 8.42. The molecular weight excluding hydrogens is 218 g/mol. The predicted molar refractivity (Wildman–Crippen MR) is 62.5 cm³/mol. The van der Waals surface area contributed by atoms with E-state index in [0.29, 0.717) is 6.10 Å². The fourth-order valence-corrected chi connectivity index (χ4v) is 2.44. The van der Waals surface area contributed by atoms with Gasteiger partial charge < -0.3 is 14.6 Å². The van der Waals surface area contributed by atoms with Gasteiger partial charge in [-0.15, -0.1) is 10.2 Å². The summed E-state index contributed by atoms with van der Waals surface area (Å²) in [5.41, 5.74) is 0. The van der Waals surface area contributed by atoms with Gasteiger partial charge in [-0.3, -0.25) is 4.90 Å². The maximum atomic E-state index is 5.70. The van der Waals surface area contributed by atoms with Crippen molar-refractivity contribution in [3.8, 4) is 0 Å². The molecule has 1 N–H and O–H groups in total. The van der Waals surface area contributed by atoms with E-state index in [4.69, 9.17) is 4.74 Å². The molecule has 1 aromatic heterocycles. The summed E-state index contributed by atoms with van der Waals surface area (Å²) >= 11 is 0. The van der Waals surface area contributed by atoms with E-state index >= 15 is 0 Å². The molecule has 0 spiro atoms. The number of morpholine rings is 1. The lowest BCUT2D eigenvalue weighted by Crippen LogP contribution is -2.41. The standard InChI is InChI=1S/C11H19N5O/c1(10-7-12-2-6-17-10)3-15-4-5-16-9-13-14-11(16)8-15/h9-10,12H,1-8H2. The monoisotopic (exact) mass is 237 g/mol. The Bertz CT molecular complexity index is 360. The van der Waals surface area contributed by atoms with E-state index in [0.717, 1.165) is 58.1 Å². The largest absolute Gasteiger partial charge is 0.376 e. The predicted octanol–water partition coefficient (Wildman–Crippen LogP) is -0.528. The first-order valence-corrected chi connectivity index (χ1v) is 6.33. The molecule has 3 heterocycles. The fraction of sp³-hybridized carbons (Fsp3) is 0.818. The van der Waals surface area contributed by atoms with Crippen LogP contribution in [-0.2, 0) is 17.8 Å². The summed E-state index contributed by atoms with van der Waals surface area (Å²) < 4.78 is 7.84. The Balaban J connectivity index is 1.47. The molecule has 0 amide bonds. The highest BCUT2D eigenvalue weighted by atomic mass is 16.5. The van der Waals surface area contributed by atoms with Crippen LogP contribution < -0.4 is 5.32 Å². The number of aromatic nitrogens is 3. The van der Waals surface area contributed by atoms with Crippen LogP contribution >= 0.6 is 0 Å². The quantitative estimate of drug-likeness (QED) is 0.766. The Morgan fingerprint density at radius 1 is 1.47 bits per heavy atom. The molecule has 0 bridgehead atoms. The van der Waals surface area contributed by atoms with Crippen molar-refractivity contribution < 1.29 is 4.74 Å². The van der Waals surface area contributed by atoms with Gasteiger partial charge in [-0.2, -0.15) is 0 Å². The van der Waals surface area contributed by atoms with Crippen molar-refractivity contribution in [2.45, 2.75) is 25.6 Å². The van der Waals surface area contributed by atoms with Crippen LogP contribution in [0.4, 0.5) is 0 Å². The summed E-state index contributed by atoms with van der Waals surface area (Å²) in [5, 5.41) is 11.4. The number of rotatable bonds is 3. The Hall–Kier alpha value is -0.980. The lowest BCUT2D eigenvalue weighted by molar-refractivity contribution is 0.0156. The smallest absolute Gasteiger partial charge is 0.147 e. The SMILES string of the molecule is c1nnc2n1CCN(CCC1CNCCO1)C2. The van der Waals surface area contributed by atoms with E-state index in [9.17, 15) is 0 Å². The highest BCUT2D eigenvalue weighted by Crippen LogP contribution is 2.11. The van der Waals surface area contributed by atoms with E-state index in [-0.39, 0.29) is 0 Å². The third kappa shape index (κ3) is 2.65. The first-order valence-electron chi connectivity index (χ1n) is 6.33. The summed E-state index contributed by atoms with van der Waals surface area (Å²) in [7, 11) is 0. The number of nitrogens with zero attached hydrogens (tertiary/aromatic N) is 4. The third-order valence-corrected chi connectivity index (χ3v) is 3.49. The Morgan fingerprint density at radius 2 is 2.47 bits per heavy atom. The molecule has 1 aromatic rings. The molecule has 1 atom stereocenters. The second kappa shape index (κ2) is 5.12. The fourth-order valence-electron chi connectivity index (χ4n) is 2.44. The average molecular weight is 237 g/mol. The highest BCUT2D eigenvalue weighted by Gasteiger charge is 2.19. The van der Waals surface area contributed by atoms with Crippen molar-refractivity contribution in [2.75, 3.05) is 32.8 Å². The van der Waals surface area contributed by atoms with Crippen LogP contribution in [0.1, 0.15) is 12.2 Å². The zero-order valence-corrected chi connectivity index (χ0v) is 10.0. The lowest BCUT2D eigenvalue weighted by Gasteiger charge is -2.30. The third-order valence-electron chi connectivity index (χ3n) is 3.49. The molecule has 0 aromatic carbocycles. The number of nitrogens with one attached hydrogen (secondary N) is 1. The van der Waals surface area contributed by atoms with Crippen molar-refractivity contribution >= 4 is 0 Å². The summed E-state index contributed by atoms with van der Waals surface area (Å²) in [6.07, 6.45) is 3.30. The number of fused-ring (bicyclic) bond motifs is 1. The van der Waals surface area contributed by atoms with Gasteiger partial charge in [0.1, 0.15) is 12.2 Å². The van der Waals surface area contributed by atoms with Crippen LogP contribution in [0, 0.1) is 0 Å². The summed E-state index contributed by atoms with van der Waals surface area (Å²) in [6, 6.07) is 0. The van der Waals surface area contributed by atoms with Gasteiger partial charge in [-0.1, -0.05) is 0 Å². The molecule has 94 valence electrons. The number of hydrogen-bond donors (Lipinski definition) is 1. The van der Waals surface area contributed by atoms with Gasteiger partial charge in [0.25, 0.3) is 0 Å². The minimum absolute atomic E-state index is 0.378. The van der Waals surface area contributed by atoms with E-state index in [1.165, 1.54) is 0 Å². The molecule has 2 aliphatic rings. The molecule has 17 heavy (non-hydrogen) atoms. The molecule has 0 saturated carbocycles. The van der Waals surface area contributed by atoms with Crippen LogP contribution in [0.15, 0.2) is 6.33 Å². The minimum atomic E-state index is 0.378. The molecule has 0 aliphatic carbocycles. The normalized spacial score (nSPS) is 25.8. The van der Waals surface area contributed by atoms with Gasteiger partial charge >= 0.3 is 0 Å². The topological polar surface area (TPSA) is 55.2 Å². The second-order valence-corrected chi connectivity index (χ2v) is 4.70. The van der Waals surface area contributed by atoms with Crippen molar-refractivity contribution in [1.29, 1.82) is 0 Å². The van der Waals surface area contributed by atoms with Crippen LogP contribution in [-0.4, -0.2) is 58.6 Å². The van der Waals surface area contributed by atoms with Gasteiger partial charge in [-0.05, 0) is 6.42 Å². The van der Waals surface area contributed by atoms with E-state index in [1.807, 2.05) is 6.33 Å². The molecule has 6 nitrogen and oxygen atoms in total. The van der Waals surface area contributed by atoms with Crippen molar-refractivity contribution in [1.82, 2.24) is 25.0 Å². The van der Waals surface area contributed by atoms with Gasteiger partial charge in [0.2, 0.25) is 0 Å². The van der Waals surface area contributed by atoms with Crippen LogP contribution in [0.2, 0.25) is 0 Å². The first kappa shape index (κ1) is 11.1. The molecule has 0 radical (unpaired) electrons. The zero-order valence-electron chi connectivity index (χ0n) is 10.0. The van der Waals surface area contributed by atoms with Gasteiger partial charge in [-0.25, -0.2) is 0 Å². The maximum absolute atomic E-state index is 5.70.